The van der Waals surface area contributed by atoms with Gasteiger partial charge in [0.15, 0.2) is 11.6 Å². The van der Waals surface area contributed by atoms with Gasteiger partial charge in [0.2, 0.25) is 0 Å². The summed E-state index contributed by atoms with van der Waals surface area (Å²) in [5.41, 5.74) is 1.63. The predicted octanol–water partition coefficient (Wildman–Crippen LogP) is 3.51. The third-order valence-corrected chi connectivity index (χ3v) is 4.02. The summed E-state index contributed by atoms with van der Waals surface area (Å²) in [6.45, 7) is 1.02. The lowest BCUT2D eigenvalue weighted by Crippen LogP contribution is -2.12. The minimum Gasteiger partial charge on any atom is -0.309 e. The van der Waals surface area contributed by atoms with Crippen molar-refractivity contribution in [2.75, 3.05) is 6.54 Å². The summed E-state index contributed by atoms with van der Waals surface area (Å²) < 4.78 is 26.0. The van der Waals surface area contributed by atoms with Gasteiger partial charge < -0.3 is 5.32 Å². The molecule has 2 heterocycles. The molecule has 1 aliphatic rings. The van der Waals surface area contributed by atoms with Crippen LogP contribution in [0.4, 0.5) is 8.78 Å². The van der Waals surface area contributed by atoms with E-state index in [1.165, 1.54) is 17.4 Å². The van der Waals surface area contributed by atoms with Crippen LogP contribution in [0.5, 0.6) is 0 Å². The van der Waals surface area contributed by atoms with Crippen molar-refractivity contribution in [2.24, 2.45) is 0 Å². The SMILES string of the molecule is Fc1ccc(-c2nc([C@@H]3CCCN3)cs2)cc1F. The maximum Gasteiger partial charge on any atom is 0.159 e. The number of halogens is 2. The van der Waals surface area contributed by atoms with Crippen molar-refractivity contribution < 1.29 is 8.78 Å². The van der Waals surface area contributed by atoms with Crippen LogP contribution >= 0.6 is 11.3 Å². The number of aromatic nitrogens is 1. The van der Waals surface area contributed by atoms with Gasteiger partial charge in [-0.3, -0.25) is 0 Å². The first-order valence-corrected chi connectivity index (χ1v) is 6.76. The number of hydrogen-bond acceptors (Lipinski definition) is 3. The first-order chi connectivity index (χ1) is 8.74. The van der Waals surface area contributed by atoms with Gasteiger partial charge in [-0.1, -0.05) is 0 Å². The van der Waals surface area contributed by atoms with E-state index < -0.39 is 11.6 Å². The number of nitrogens with one attached hydrogen (secondary N) is 1. The van der Waals surface area contributed by atoms with Crippen molar-refractivity contribution in [2.45, 2.75) is 18.9 Å². The van der Waals surface area contributed by atoms with Crippen LogP contribution in [0.3, 0.4) is 0 Å². The molecule has 3 rings (SSSR count). The molecule has 18 heavy (non-hydrogen) atoms. The van der Waals surface area contributed by atoms with Gasteiger partial charge in [-0.15, -0.1) is 11.3 Å². The second-order valence-corrected chi connectivity index (χ2v) is 5.21. The molecule has 5 heteroatoms. The molecule has 1 atom stereocenters. The van der Waals surface area contributed by atoms with Crippen molar-refractivity contribution in [3.8, 4) is 10.6 Å². The van der Waals surface area contributed by atoms with Crippen LogP contribution in [0.15, 0.2) is 23.6 Å². The molecular weight excluding hydrogens is 254 g/mol. The Bertz CT molecular complexity index is 562. The zero-order valence-corrected chi connectivity index (χ0v) is 10.4. The van der Waals surface area contributed by atoms with E-state index >= 15 is 0 Å². The molecule has 1 aromatic heterocycles. The molecule has 1 fully saturated rings. The highest BCUT2D eigenvalue weighted by Crippen LogP contribution is 2.30. The van der Waals surface area contributed by atoms with E-state index in [1.54, 1.807) is 6.07 Å². The van der Waals surface area contributed by atoms with Gasteiger partial charge in [0.1, 0.15) is 5.01 Å². The first-order valence-electron chi connectivity index (χ1n) is 5.88. The zero-order valence-electron chi connectivity index (χ0n) is 9.62. The average molecular weight is 266 g/mol. The molecule has 0 radical (unpaired) electrons. The fourth-order valence-electron chi connectivity index (χ4n) is 2.14. The molecule has 0 unspecified atom stereocenters. The van der Waals surface area contributed by atoms with Crippen LogP contribution in [-0.2, 0) is 0 Å². The standard InChI is InChI=1S/C13H12F2N2S/c14-9-4-3-8(6-10(9)15)13-17-12(7-18-13)11-2-1-5-16-11/h3-4,6-7,11,16H,1-2,5H2/t11-/m0/s1. The lowest BCUT2D eigenvalue weighted by molar-refractivity contribution is 0.509. The van der Waals surface area contributed by atoms with Gasteiger partial charge in [-0.25, -0.2) is 13.8 Å². The quantitative estimate of drug-likeness (QED) is 0.899. The highest BCUT2D eigenvalue weighted by molar-refractivity contribution is 7.13. The van der Waals surface area contributed by atoms with Gasteiger partial charge in [-0.05, 0) is 37.6 Å². The number of nitrogens with zero attached hydrogens (tertiary/aromatic N) is 1. The Labute approximate surface area is 108 Å². The summed E-state index contributed by atoms with van der Waals surface area (Å²) in [4.78, 5) is 4.50. The topological polar surface area (TPSA) is 24.9 Å². The van der Waals surface area contributed by atoms with Gasteiger partial charge in [0, 0.05) is 10.9 Å². The summed E-state index contributed by atoms with van der Waals surface area (Å²) in [5.74, 6) is -1.66. The van der Waals surface area contributed by atoms with E-state index in [9.17, 15) is 8.78 Å². The monoisotopic (exact) mass is 266 g/mol. The smallest absolute Gasteiger partial charge is 0.159 e. The summed E-state index contributed by atoms with van der Waals surface area (Å²) >= 11 is 1.46. The molecule has 2 aromatic rings. The molecular formula is C13H12F2N2S. The molecule has 94 valence electrons. The van der Waals surface area contributed by atoms with Crippen molar-refractivity contribution in [3.05, 3.63) is 40.9 Å². The van der Waals surface area contributed by atoms with Gasteiger partial charge in [0.25, 0.3) is 0 Å². The Kier molecular flexibility index (Phi) is 3.09. The maximum atomic E-state index is 13.2. The van der Waals surface area contributed by atoms with Crippen LogP contribution < -0.4 is 5.32 Å². The summed E-state index contributed by atoms with van der Waals surface area (Å²) in [6, 6.07) is 4.20. The second-order valence-electron chi connectivity index (χ2n) is 4.36. The van der Waals surface area contributed by atoms with E-state index in [4.69, 9.17) is 0 Å². The minimum atomic E-state index is -0.830. The third kappa shape index (κ3) is 2.15. The predicted molar refractivity (Wildman–Crippen MR) is 67.4 cm³/mol. The van der Waals surface area contributed by atoms with Gasteiger partial charge in [0.05, 0.1) is 11.7 Å². The Hall–Kier alpha value is -1.33. The average Bonchev–Trinajstić information content (AvgIpc) is 3.01. The highest BCUT2D eigenvalue weighted by Gasteiger charge is 2.19. The van der Waals surface area contributed by atoms with Crippen LogP contribution in [0.2, 0.25) is 0 Å². The summed E-state index contributed by atoms with van der Waals surface area (Å²) in [7, 11) is 0. The van der Waals surface area contributed by atoms with E-state index in [2.05, 4.69) is 10.3 Å². The Morgan fingerprint density at radius 1 is 1.28 bits per heavy atom. The molecule has 0 aliphatic carbocycles. The Morgan fingerprint density at radius 2 is 2.17 bits per heavy atom. The van der Waals surface area contributed by atoms with E-state index in [0.29, 0.717) is 11.6 Å². The molecule has 1 saturated heterocycles. The highest BCUT2D eigenvalue weighted by atomic mass is 32.1. The van der Waals surface area contributed by atoms with Crippen molar-refractivity contribution >= 4 is 11.3 Å². The van der Waals surface area contributed by atoms with Gasteiger partial charge in [-0.2, -0.15) is 0 Å². The minimum absolute atomic E-state index is 0.306. The van der Waals surface area contributed by atoms with Crippen LogP contribution in [0.25, 0.3) is 10.6 Å². The number of thiazole rings is 1. The Morgan fingerprint density at radius 3 is 2.89 bits per heavy atom. The molecule has 1 aromatic carbocycles. The molecule has 0 spiro atoms. The molecule has 0 saturated carbocycles. The van der Waals surface area contributed by atoms with Crippen LogP contribution in [0.1, 0.15) is 24.6 Å². The Balaban J connectivity index is 1.89. The third-order valence-electron chi connectivity index (χ3n) is 3.11. The van der Waals surface area contributed by atoms with Crippen molar-refractivity contribution in [1.29, 1.82) is 0 Å². The zero-order chi connectivity index (χ0) is 12.5. The molecule has 0 bridgehead atoms. The van der Waals surface area contributed by atoms with Crippen molar-refractivity contribution in [1.82, 2.24) is 10.3 Å². The second kappa shape index (κ2) is 4.74. The fourth-order valence-corrected chi connectivity index (χ4v) is 3.02. The van der Waals surface area contributed by atoms with E-state index in [-0.39, 0.29) is 0 Å². The maximum absolute atomic E-state index is 13.2. The van der Waals surface area contributed by atoms with E-state index in [0.717, 1.165) is 36.2 Å². The number of hydrogen-bond donors (Lipinski definition) is 1. The fraction of sp³-hybridized carbons (Fsp3) is 0.308. The largest absolute Gasteiger partial charge is 0.309 e. The normalized spacial score (nSPS) is 19.3. The number of rotatable bonds is 2. The summed E-state index contributed by atoms with van der Waals surface area (Å²) in [5, 5.41) is 6.09. The molecule has 0 amide bonds. The van der Waals surface area contributed by atoms with Crippen molar-refractivity contribution in [3.63, 3.8) is 0 Å². The lowest BCUT2D eigenvalue weighted by Gasteiger charge is -2.05. The molecule has 1 aliphatic heterocycles. The van der Waals surface area contributed by atoms with Gasteiger partial charge >= 0.3 is 0 Å². The van der Waals surface area contributed by atoms with Crippen LogP contribution in [0, 0.1) is 11.6 Å². The first kappa shape index (κ1) is 11.7. The summed E-state index contributed by atoms with van der Waals surface area (Å²) in [6.07, 6.45) is 2.24. The van der Waals surface area contributed by atoms with E-state index in [1.807, 2.05) is 5.38 Å². The number of benzene rings is 1. The lowest BCUT2D eigenvalue weighted by atomic mass is 10.2. The van der Waals surface area contributed by atoms with Crippen LogP contribution in [-0.4, -0.2) is 11.5 Å². The molecule has 2 nitrogen and oxygen atoms in total. The molecule has 1 N–H and O–H groups in total.